The monoisotopic (exact) mass is 213 g/mol. The number of aliphatic hydroxyl groups is 1. The Bertz CT molecular complexity index is 270. The summed E-state index contributed by atoms with van der Waals surface area (Å²) in [5.41, 5.74) is 1.13. The fraction of sp³-hybridized carbons (Fsp3) is 0.500. The average molecular weight is 213 g/mol. The molecule has 1 atom stereocenters. The predicted molar refractivity (Wildman–Crippen MR) is 57.1 cm³/mol. The quantitative estimate of drug-likeness (QED) is 0.779. The first-order valence-corrected chi connectivity index (χ1v) is 5.58. The Morgan fingerprint density at radius 2 is 2.50 bits per heavy atom. The molecular formula is C10H15NO2S. The lowest BCUT2D eigenvalue weighted by Crippen LogP contribution is -2.23. The largest absolute Gasteiger partial charge is 0.393 e. The first-order chi connectivity index (χ1) is 6.68. The van der Waals surface area contributed by atoms with Crippen molar-refractivity contribution in [2.24, 2.45) is 0 Å². The standard InChI is InChI=1S/C10H15NO2S/c1-8(12)2-3-10(13)11-6-9-4-5-14-7-9/h4-5,7-8,12H,2-3,6H2,1H3,(H,11,13). The number of hydrogen-bond acceptors (Lipinski definition) is 3. The number of thiophene rings is 1. The van der Waals surface area contributed by atoms with Gasteiger partial charge < -0.3 is 10.4 Å². The summed E-state index contributed by atoms with van der Waals surface area (Å²) in [5, 5.41) is 15.8. The molecule has 0 aliphatic heterocycles. The highest BCUT2D eigenvalue weighted by atomic mass is 32.1. The van der Waals surface area contributed by atoms with Crippen LogP contribution in [0.4, 0.5) is 0 Å². The molecule has 1 aromatic rings. The van der Waals surface area contributed by atoms with Crippen molar-refractivity contribution in [1.29, 1.82) is 0 Å². The van der Waals surface area contributed by atoms with Crippen molar-refractivity contribution < 1.29 is 9.90 Å². The Balaban J connectivity index is 2.15. The van der Waals surface area contributed by atoms with Crippen LogP contribution in [0.5, 0.6) is 0 Å². The molecule has 1 heterocycles. The van der Waals surface area contributed by atoms with Crippen LogP contribution in [-0.4, -0.2) is 17.1 Å². The molecule has 2 N–H and O–H groups in total. The van der Waals surface area contributed by atoms with Gasteiger partial charge >= 0.3 is 0 Å². The molecule has 0 aliphatic carbocycles. The van der Waals surface area contributed by atoms with Crippen molar-refractivity contribution in [1.82, 2.24) is 5.32 Å². The summed E-state index contributed by atoms with van der Waals surface area (Å²) in [6, 6.07) is 1.99. The van der Waals surface area contributed by atoms with E-state index < -0.39 is 6.10 Å². The van der Waals surface area contributed by atoms with Gasteiger partial charge in [-0.1, -0.05) is 0 Å². The molecule has 0 spiro atoms. The minimum atomic E-state index is -0.401. The normalized spacial score (nSPS) is 12.4. The number of carbonyl (C=O) groups excluding carboxylic acids is 1. The molecule has 1 amide bonds. The van der Waals surface area contributed by atoms with Gasteiger partial charge in [0, 0.05) is 13.0 Å². The van der Waals surface area contributed by atoms with Crippen molar-refractivity contribution in [3.8, 4) is 0 Å². The highest BCUT2D eigenvalue weighted by Gasteiger charge is 2.03. The van der Waals surface area contributed by atoms with Gasteiger partial charge in [-0.25, -0.2) is 0 Å². The van der Waals surface area contributed by atoms with Gasteiger partial charge in [0.15, 0.2) is 0 Å². The lowest BCUT2D eigenvalue weighted by Gasteiger charge is -2.05. The molecule has 78 valence electrons. The maximum Gasteiger partial charge on any atom is 0.220 e. The number of nitrogens with one attached hydrogen (secondary N) is 1. The van der Waals surface area contributed by atoms with Crippen LogP contribution in [0, 0.1) is 0 Å². The van der Waals surface area contributed by atoms with Gasteiger partial charge in [-0.05, 0) is 35.7 Å². The van der Waals surface area contributed by atoms with Gasteiger partial charge in [-0.15, -0.1) is 0 Å². The van der Waals surface area contributed by atoms with Crippen LogP contribution in [0.2, 0.25) is 0 Å². The van der Waals surface area contributed by atoms with Gasteiger partial charge in [0.25, 0.3) is 0 Å². The second-order valence-electron chi connectivity index (χ2n) is 3.30. The van der Waals surface area contributed by atoms with E-state index in [9.17, 15) is 4.79 Å². The number of hydrogen-bond donors (Lipinski definition) is 2. The highest BCUT2D eigenvalue weighted by Crippen LogP contribution is 2.05. The number of amides is 1. The number of carbonyl (C=O) groups is 1. The molecule has 1 unspecified atom stereocenters. The Morgan fingerprint density at radius 3 is 3.07 bits per heavy atom. The number of rotatable bonds is 5. The first kappa shape index (κ1) is 11.2. The van der Waals surface area contributed by atoms with Crippen LogP contribution in [-0.2, 0) is 11.3 Å². The molecule has 3 nitrogen and oxygen atoms in total. The third-order valence-electron chi connectivity index (χ3n) is 1.86. The number of aliphatic hydroxyl groups excluding tert-OH is 1. The molecular weight excluding hydrogens is 198 g/mol. The van der Waals surface area contributed by atoms with E-state index in [1.54, 1.807) is 18.3 Å². The summed E-state index contributed by atoms with van der Waals surface area (Å²) in [7, 11) is 0. The summed E-state index contributed by atoms with van der Waals surface area (Å²) >= 11 is 1.62. The van der Waals surface area contributed by atoms with Crippen LogP contribution in [0.25, 0.3) is 0 Å². The van der Waals surface area contributed by atoms with Crippen molar-refractivity contribution in [2.45, 2.75) is 32.4 Å². The van der Waals surface area contributed by atoms with E-state index >= 15 is 0 Å². The third-order valence-corrected chi connectivity index (χ3v) is 2.59. The summed E-state index contributed by atoms with van der Waals surface area (Å²) in [4.78, 5) is 11.2. The van der Waals surface area contributed by atoms with E-state index in [1.807, 2.05) is 16.8 Å². The molecule has 0 bridgehead atoms. The minimum Gasteiger partial charge on any atom is -0.393 e. The molecule has 0 saturated heterocycles. The molecule has 0 aliphatic rings. The zero-order valence-electron chi connectivity index (χ0n) is 8.19. The first-order valence-electron chi connectivity index (χ1n) is 4.64. The topological polar surface area (TPSA) is 49.3 Å². The van der Waals surface area contributed by atoms with E-state index in [-0.39, 0.29) is 5.91 Å². The predicted octanol–water partition coefficient (Wildman–Crippen LogP) is 1.53. The van der Waals surface area contributed by atoms with Crippen LogP contribution >= 0.6 is 11.3 Å². The molecule has 0 aromatic carbocycles. The Labute approximate surface area is 87.8 Å². The molecule has 1 rings (SSSR count). The van der Waals surface area contributed by atoms with Crippen molar-refractivity contribution in [3.63, 3.8) is 0 Å². The summed E-state index contributed by atoms with van der Waals surface area (Å²) in [6.45, 7) is 2.27. The van der Waals surface area contributed by atoms with Crippen molar-refractivity contribution >= 4 is 17.2 Å². The molecule has 1 aromatic heterocycles. The average Bonchev–Trinajstić information content (AvgIpc) is 2.63. The Hall–Kier alpha value is -0.870. The SMILES string of the molecule is CC(O)CCC(=O)NCc1ccsc1. The van der Waals surface area contributed by atoms with Gasteiger partial charge in [-0.2, -0.15) is 11.3 Å². The lowest BCUT2D eigenvalue weighted by molar-refractivity contribution is -0.121. The smallest absolute Gasteiger partial charge is 0.220 e. The summed E-state index contributed by atoms with van der Waals surface area (Å²) in [6.07, 6.45) is 0.513. The van der Waals surface area contributed by atoms with Crippen LogP contribution < -0.4 is 5.32 Å². The fourth-order valence-corrected chi connectivity index (χ4v) is 1.69. The second kappa shape index (κ2) is 5.78. The Morgan fingerprint density at radius 1 is 1.71 bits per heavy atom. The maximum absolute atomic E-state index is 11.2. The van der Waals surface area contributed by atoms with E-state index in [0.717, 1.165) is 5.56 Å². The van der Waals surface area contributed by atoms with Gasteiger partial charge in [0.1, 0.15) is 0 Å². The third kappa shape index (κ3) is 4.39. The van der Waals surface area contributed by atoms with Gasteiger partial charge in [-0.3, -0.25) is 4.79 Å². The Kier molecular flexibility index (Phi) is 4.62. The fourth-order valence-electron chi connectivity index (χ4n) is 1.02. The lowest BCUT2D eigenvalue weighted by atomic mass is 10.2. The molecule has 14 heavy (non-hydrogen) atoms. The molecule has 4 heteroatoms. The van der Waals surface area contributed by atoms with Gasteiger partial charge in [0.2, 0.25) is 5.91 Å². The van der Waals surface area contributed by atoms with Crippen LogP contribution in [0.1, 0.15) is 25.3 Å². The zero-order chi connectivity index (χ0) is 10.4. The molecule has 0 fully saturated rings. The van der Waals surface area contributed by atoms with E-state index in [0.29, 0.717) is 19.4 Å². The van der Waals surface area contributed by atoms with E-state index in [2.05, 4.69) is 5.32 Å². The second-order valence-corrected chi connectivity index (χ2v) is 4.08. The maximum atomic E-state index is 11.2. The summed E-state index contributed by atoms with van der Waals surface area (Å²) < 4.78 is 0. The van der Waals surface area contributed by atoms with E-state index in [4.69, 9.17) is 5.11 Å². The zero-order valence-corrected chi connectivity index (χ0v) is 9.01. The minimum absolute atomic E-state index is 0.00269. The van der Waals surface area contributed by atoms with Gasteiger partial charge in [0.05, 0.1) is 6.10 Å². The van der Waals surface area contributed by atoms with Crippen molar-refractivity contribution in [2.75, 3.05) is 0 Å². The van der Waals surface area contributed by atoms with Crippen molar-refractivity contribution in [3.05, 3.63) is 22.4 Å². The van der Waals surface area contributed by atoms with E-state index in [1.165, 1.54) is 0 Å². The van der Waals surface area contributed by atoms with Crippen LogP contribution in [0.15, 0.2) is 16.8 Å². The highest BCUT2D eigenvalue weighted by molar-refractivity contribution is 7.07. The molecule has 0 saturated carbocycles. The molecule has 0 radical (unpaired) electrons. The summed E-state index contributed by atoms with van der Waals surface area (Å²) in [5.74, 6) is -0.00269. The van der Waals surface area contributed by atoms with Crippen LogP contribution in [0.3, 0.4) is 0 Å².